The first-order valence-electron chi connectivity index (χ1n) is 6.19. The van der Waals surface area contributed by atoms with E-state index in [2.05, 4.69) is 25.2 Å². The van der Waals surface area contributed by atoms with Gasteiger partial charge in [-0.15, -0.1) is 5.10 Å². The summed E-state index contributed by atoms with van der Waals surface area (Å²) in [7, 11) is -2.08. The van der Waals surface area contributed by atoms with Crippen molar-refractivity contribution < 1.29 is 8.42 Å². The van der Waals surface area contributed by atoms with E-state index in [4.69, 9.17) is 0 Å². The second-order valence-corrected chi connectivity index (χ2v) is 6.25. The van der Waals surface area contributed by atoms with E-state index in [1.165, 1.54) is 36.6 Å². The van der Waals surface area contributed by atoms with Gasteiger partial charge in [0, 0.05) is 19.6 Å². The molecule has 0 saturated heterocycles. The Morgan fingerprint density at radius 3 is 2.84 bits per heavy atom. The molecule has 19 heavy (non-hydrogen) atoms. The van der Waals surface area contributed by atoms with Gasteiger partial charge in [-0.1, -0.05) is 0 Å². The van der Waals surface area contributed by atoms with Gasteiger partial charge >= 0.3 is 10.2 Å². The number of rotatable bonds is 8. The average Bonchev–Trinajstić information content (AvgIpc) is 3.19. The maximum Gasteiger partial charge on any atom is 0.303 e. The topological polar surface area (TPSA) is 100 Å². The number of anilines is 1. The molecule has 106 valence electrons. The van der Waals surface area contributed by atoms with Crippen molar-refractivity contribution in [1.82, 2.24) is 24.8 Å². The molecule has 1 saturated carbocycles. The van der Waals surface area contributed by atoms with E-state index < -0.39 is 10.2 Å². The van der Waals surface area contributed by atoms with Gasteiger partial charge in [-0.05, 0) is 25.8 Å². The lowest BCUT2D eigenvalue weighted by Gasteiger charge is -2.17. The van der Waals surface area contributed by atoms with Crippen LogP contribution < -0.4 is 10.0 Å². The number of hydrogen-bond donors (Lipinski definition) is 2. The molecule has 1 aromatic rings. The largest absolute Gasteiger partial charge is 0.314 e. The molecule has 9 heteroatoms. The number of nitrogens with zero attached hydrogens (tertiary/aromatic N) is 4. The second kappa shape index (κ2) is 6.22. The van der Waals surface area contributed by atoms with Gasteiger partial charge in [0.25, 0.3) is 5.95 Å². The zero-order valence-electron chi connectivity index (χ0n) is 10.8. The molecule has 1 aliphatic rings. The number of nitrogens with one attached hydrogen (secondary N) is 2. The van der Waals surface area contributed by atoms with Crippen LogP contribution in [0.3, 0.4) is 0 Å². The van der Waals surface area contributed by atoms with Crippen LogP contribution >= 0.6 is 0 Å². The second-order valence-electron chi connectivity index (χ2n) is 4.48. The minimum absolute atomic E-state index is 0.0227. The third-order valence-electron chi connectivity index (χ3n) is 2.77. The minimum atomic E-state index is -3.61. The molecule has 2 N–H and O–H groups in total. The van der Waals surface area contributed by atoms with Crippen LogP contribution in [0.15, 0.2) is 12.4 Å². The standard InChI is InChI=1S/C10H18N6O2S/c1-16(8-2-5-11-9-3-4-9)19(17,18)15-10-12-6-7-13-14-10/h6-7,9,11H,2-5,8H2,1H3,(H,12,14,15). The Bertz CT molecular complexity index is 490. The monoisotopic (exact) mass is 286 g/mol. The summed E-state index contributed by atoms with van der Waals surface area (Å²) in [5, 5.41) is 10.5. The molecule has 1 heterocycles. The molecule has 0 aliphatic heterocycles. The molecule has 0 atom stereocenters. The Balaban J connectivity index is 1.77. The quantitative estimate of drug-likeness (QED) is 0.631. The van der Waals surface area contributed by atoms with Crippen molar-refractivity contribution in [3.63, 3.8) is 0 Å². The SMILES string of the molecule is CN(CCCNC1CC1)S(=O)(=O)Nc1nccnn1. The summed E-state index contributed by atoms with van der Waals surface area (Å²) in [6.07, 6.45) is 5.99. The van der Waals surface area contributed by atoms with Gasteiger partial charge in [-0.3, -0.25) is 0 Å². The maximum atomic E-state index is 11.9. The van der Waals surface area contributed by atoms with Gasteiger partial charge in [-0.25, -0.2) is 9.71 Å². The Labute approximate surface area is 112 Å². The van der Waals surface area contributed by atoms with Crippen molar-refractivity contribution >= 4 is 16.2 Å². The molecular weight excluding hydrogens is 268 g/mol. The molecule has 0 amide bonds. The highest BCUT2D eigenvalue weighted by Crippen LogP contribution is 2.18. The Kier molecular flexibility index (Phi) is 4.61. The van der Waals surface area contributed by atoms with Crippen molar-refractivity contribution in [1.29, 1.82) is 0 Å². The van der Waals surface area contributed by atoms with Gasteiger partial charge in [0.1, 0.15) is 0 Å². The van der Waals surface area contributed by atoms with Crippen LogP contribution in [0.4, 0.5) is 5.95 Å². The van der Waals surface area contributed by atoms with E-state index >= 15 is 0 Å². The minimum Gasteiger partial charge on any atom is -0.314 e. The summed E-state index contributed by atoms with van der Waals surface area (Å²) in [4.78, 5) is 3.77. The lowest BCUT2D eigenvalue weighted by Crippen LogP contribution is -2.35. The van der Waals surface area contributed by atoms with Crippen molar-refractivity contribution in [2.75, 3.05) is 24.9 Å². The van der Waals surface area contributed by atoms with Gasteiger partial charge < -0.3 is 5.32 Å². The van der Waals surface area contributed by atoms with Gasteiger partial charge in [0.05, 0.1) is 12.4 Å². The molecule has 8 nitrogen and oxygen atoms in total. The lowest BCUT2D eigenvalue weighted by atomic mass is 10.4. The first-order valence-corrected chi connectivity index (χ1v) is 7.63. The molecule has 0 unspecified atom stereocenters. The zero-order valence-corrected chi connectivity index (χ0v) is 11.6. The summed E-state index contributed by atoms with van der Waals surface area (Å²) < 4.78 is 27.4. The third kappa shape index (κ3) is 4.69. The predicted molar refractivity (Wildman–Crippen MR) is 70.6 cm³/mol. The summed E-state index contributed by atoms with van der Waals surface area (Å²) in [6.45, 7) is 1.27. The van der Waals surface area contributed by atoms with E-state index in [-0.39, 0.29) is 5.95 Å². The van der Waals surface area contributed by atoms with Crippen molar-refractivity contribution in [2.45, 2.75) is 25.3 Å². The van der Waals surface area contributed by atoms with Crippen molar-refractivity contribution in [2.24, 2.45) is 0 Å². The van der Waals surface area contributed by atoms with Crippen LogP contribution in [0.2, 0.25) is 0 Å². The molecule has 0 bridgehead atoms. The molecule has 2 rings (SSSR count). The van der Waals surface area contributed by atoms with Gasteiger partial charge in [-0.2, -0.15) is 17.8 Å². The lowest BCUT2D eigenvalue weighted by molar-refractivity contribution is 0.457. The number of hydrogen-bond acceptors (Lipinski definition) is 6. The molecule has 0 radical (unpaired) electrons. The van der Waals surface area contributed by atoms with E-state index in [0.717, 1.165) is 13.0 Å². The van der Waals surface area contributed by atoms with Crippen LogP contribution in [0.5, 0.6) is 0 Å². The fourth-order valence-corrected chi connectivity index (χ4v) is 2.35. The Morgan fingerprint density at radius 2 is 2.21 bits per heavy atom. The van der Waals surface area contributed by atoms with E-state index in [9.17, 15) is 8.42 Å². The molecule has 0 aromatic carbocycles. The summed E-state index contributed by atoms with van der Waals surface area (Å²) >= 11 is 0. The Morgan fingerprint density at radius 1 is 1.42 bits per heavy atom. The molecule has 1 fully saturated rings. The fraction of sp³-hybridized carbons (Fsp3) is 0.700. The molecule has 1 aromatic heterocycles. The van der Waals surface area contributed by atoms with E-state index in [1.54, 1.807) is 0 Å². The van der Waals surface area contributed by atoms with E-state index in [0.29, 0.717) is 12.6 Å². The van der Waals surface area contributed by atoms with Crippen LogP contribution in [-0.4, -0.2) is 54.1 Å². The predicted octanol–water partition coefficient (Wildman–Crippen LogP) is -0.398. The van der Waals surface area contributed by atoms with Crippen LogP contribution in [0.25, 0.3) is 0 Å². The van der Waals surface area contributed by atoms with Crippen LogP contribution in [0.1, 0.15) is 19.3 Å². The summed E-state index contributed by atoms with van der Waals surface area (Å²) in [5.74, 6) is -0.0227. The maximum absolute atomic E-state index is 11.9. The van der Waals surface area contributed by atoms with Gasteiger partial charge in [0.15, 0.2) is 0 Å². The van der Waals surface area contributed by atoms with Crippen LogP contribution in [-0.2, 0) is 10.2 Å². The van der Waals surface area contributed by atoms with Crippen LogP contribution in [0, 0.1) is 0 Å². The highest BCUT2D eigenvalue weighted by atomic mass is 32.2. The van der Waals surface area contributed by atoms with Crippen molar-refractivity contribution in [3.05, 3.63) is 12.4 Å². The molecule has 1 aliphatic carbocycles. The molecule has 0 spiro atoms. The average molecular weight is 286 g/mol. The van der Waals surface area contributed by atoms with Gasteiger partial charge in [0.2, 0.25) is 0 Å². The Hall–Kier alpha value is -1.32. The first kappa shape index (κ1) is 14.1. The summed E-state index contributed by atoms with van der Waals surface area (Å²) in [5.41, 5.74) is 0. The highest BCUT2D eigenvalue weighted by molar-refractivity contribution is 7.90. The zero-order chi connectivity index (χ0) is 13.7. The number of aromatic nitrogens is 3. The summed E-state index contributed by atoms with van der Waals surface area (Å²) in [6, 6.07) is 0.642. The molecular formula is C10H18N6O2S. The smallest absolute Gasteiger partial charge is 0.303 e. The highest BCUT2D eigenvalue weighted by Gasteiger charge is 2.21. The third-order valence-corrected chi connectivity index (χ3v) is 4.22. The normalized spacial score (nSPS) is 15.7. The van der Waals surface area contributed by atoms with E-state index in [1.807, 2.05) is 0 Å². The fourth-order valence-electron chi connectivity index (χ4n) is 1.50. The first-order chi connectivity index (χ1) is 9.08. The van der Waals surface area contributed by atoms with Crippen molar-refractivity contribution in [3.8, 4) is 0 Å².